The summed E-state index contributed by atoms with van der Waals surface area (Å²) in [5.41, 5.74) is 5.20. The summed E-state index contributed by atoms with van der Waals surface area (Å²) in [7, 11) is -2.90. The minimum absolute atomic E-state index is 0.0805. The summed E-state index contributed by atoms with van der Waals surface area (Å²) in [6.45, 7) is 0. The van der Waals surface area contributed by atoms with Crippen molar-refractivity contribution in [2.75, 3.05) is 12.8 Å². The first kappa shape index (κ1) is 15.9. The molecule has 2 rings (SSSR count). The first-order valence-electron chi connectivity index (χ1n) is 5.70. The van der Waals surface area contributed by atoms with Gasteiger partial charge in [0.05, 0.1) is 16.6 Å². The molecule has 0 spiro atoms. The number of sulfonamides is 1. The van der Waals surface area contributed by atoms with E-state index in [0.29, 0.717) is 0 Å². The highest BCUT2D eigenvalue weighted by Crippen LogP contribution is 2.26. The Hall–Kier alpha value is -1.52. The second-order valence-electron chi connectivity index (χ2n) is 4.47. The number of nitrogens with two attached hydrogens (primary N) is 1. The first-order valence-corrected chi connectivity index (χ1v) is 7.98. The number of hydrogen-bond acceptors (Lipinski definition) is 5. The SMILES string of the molecule is CN1C(=O)CC(NS(=O)(=O)c2cc(Br)c(F)cc2N)C1=O. The van der Waals surface area contributed by atoms with Crippen LogP contribution in [0.1, 0.15) is 6.42 Å². The highest BCUT2D eigenvalue weighted by atomic mass is 79.9. The number of nitrogen functional groups attached to an aromatic ring is 1. The van der Waals surface area contributed by atoms with Gasteiger partial charge in [0.25, 0.3) is 0 Å². The van der Waals surface area contributed by atoms with Gasteiger partial charge in [-0.05, 0) is 28.1 Å². The monoisotopic (exact) mass is 379 g/mol. The van der Waals surface area contributed by atoms with Crippen LogP contribution >= 0.6 is 15.9 Å². The van der Waals surface area contributed by atoms with Gasteiger partial charge in [-0.25, -0.2) is 12.8 Å². The van der Waals surface area contributed by atoms with Crippen molar-refractivity contribution in [3.63, 3.8) is 0 Å². The molecule has 1 aliphatic heterocycles. The number of nitrogens with one attached hydrogen (secondary N) is 1. The van der Waals surface area contributed by atoms with E-state index in [9.17, 15) is 22.4 Å². The molecule has 1 saturated heterocycles. The van der Waals surface area contributed by atoms with Crippen LogP contribution in [0.2, 0.25) is 0 Å². The highest BCUT2D eigenvalue weighted by molar-refractivity contribution is 9.10. The molecule has 1 aromatic carbocycles. The van der Waals surface area contributed by atoms with Crippen molar-refractivity contribution >= 4 is 43.5 Å². The fourth-order valence-corrected chi connectivity index (χ4v) is 3.70. The van der Waals surface area contributed by atoms with Crippen molar-refractivity contribution in [2.45, 2.75) is 17.4 Å². The number of likely N-dealkylation sites (N-methyl/N-ethyl adjacent to an activating group) is 1. The second-order valence-corrected chi connectivity index (χ2v) is 7.01. The predicted molar refractivity (Wildman–Crippen MR) is 75.0 cm³/mol. The van der Waals surface area contributed by atoms with Gasteiger partial charge < -0.3 is 5.73 Å². The molecule has 1 unspecified atom stereocenters. The van der Waals surface area contributed by atoms with E-state index in [0.717, 1.165) is 17.0 Å². The fourth-order valence-electron chi connectivity index (χ4n) is 1.88. The Bertz CT molecular complexity index is 737. The van der Waals surface area contributed by atoms with E-state index in [-0.39, 0.29) is 21.5 Å². The molecule has 0 radical (unpaired) electrons. The van der Waals surface area contributed by atoms with E-state index >= 15 is 0 Å². The number of imide groups is 1. The maximum atomic E-state index is 13.3. The zero-order chi connectivity index (χ0) is 15.9. The molecular formula is C11H11BrFN3O4S. The number of nitrogens with zero attached hydrogens (tertiary/aromatic N) is 1. The highest BCUT2D eigenvalue weighted by Gasteiger charge is 2.39. The van der Waals surface area contributed by atoms with Crippen molar-refractivity contribution in [3.05, 3.63) is 22.4 Å². The Kier molecular flexibility index (Phi) is 4.04. The zero-order valence-corrected chi connectivity index (χ0v) is 13.2. The molecule has 1 atom stereocenters. The number of carbonyl (C=O) groups excluding carboxylic acids is 2. The van der Waals surface area contributed by atoms with Crippen LogP contribution in [-0.2, 0) is 19.6 Å². The average Bonchev–Trinajstić information content (AvgIpc) is 2.61. The van der Waals surface area contributed by atoms with Crippen LogP contribution in [0.15, 0.2) is 21.5 Å². The van der Waals surface area contributed by atoms with Gasteiger partial charge in [0, 0.05) is 7.05 Å². The van der Waals surface area contributed by atoms with E-state index < -0.39 is 33.7 Å². The van der Waals surface area contributed by atoms with Crippen LogP contribution in [0.5, 0.6) is 0 Å². The Morgan fingerprint density at radius 3 is 2.57 bits per heavy atom. The van der Waals surface area contributed by atoms with Crippen LogP contribution in [0.3, 0.4) is 0 Å². The van der Waals surface area contributed by atoms with Crippen molar-refractivity contribution in [1.29, 1.82) is 0 Å². The lowest BCUT2D eigenvalue weighted by atomic mass is 10.3. The molecule has 7 nitrogen and oxygen atoms in total. The number of benzene rings is 1. The average molecular weight is 380 g/mol. The third-order valence-corrected chi connectivity index (χ3v) is 5.16. The number of hydrogen-bond donors (Lipinski definition) is 2. The van der Waals surface area contributed by atoms with E-state index in [4.69, 9.17) is 5.73 Å². The molecule has 0 bridgehead atoms. The molecule has 114 valence electrons. The number of rotatable bonds is 3. The van der Waals surface area contributed by atoms with Crippen LogP contribution in [-0.4, -0.2) is 38.2 Å². The first-order chi connectivity index (χ1) is 9.63. The van der Waals surface area contributed by atoms with Crippen molar-refractivity contribution in [2.24, 2.45) is 0 Å². The summed E-state index contributed by atoms with van der Waals surface area (Å²) < 4.78 is 39.7. The Balaban J connectivity index is 2.34. The van der Waals surface area contributed by atoms with Crippen molar-refractivity contribution < 1.29 is 22.4 Å². The van der Waals surface area contributed by atoms with Crippen LogP contribution in [0.4, 0.5) is 10.1 Å². The number of amides is 2. The van der Waals surface area contributed by atoms with Crippen LogP contribution < -0.4 is 10.5 Å². The molecule has 10 heteroatoms. The molecular weight excluding hydrogens is 369 g/mol. The molecule has 2 amide bonds. The second kappa shape index (κ2) is 5.35. The molecule has 1 aromatic rings. The van der Waals surface area contributed by atoms with Crippen molar-refractivity contribution in [1.82, 2.24) is 9.62 Å². The lowest BCUT2D eigenvalue weighted by molar-refractivity contribution is -0.137. The van der Waals surface area contributed by atoms with E-state index in [1.54, 1.807) is 0 Å². The number of halogens is 2. The standard InChI is InChI=1S/C11H11BrFN3O4S/c1-16-10(17)4-8(11(16)18)15-21(19,20)9-2-5(12)6(13)3-7(9)14/h2-3,8,15H,4,14H2,1H3. The minimum Gasteiger partial charge on any atom is -0.398 e. The molecule has 1 aliphatic rings. The summed E-state index contributed by atoms with van der Waals surface area (Å²) in [5.74, 6) is -1.84. The summed E-state index contributed by atoms with van der Waals surface area (Å²) in [4.78, 5) is 23.6. The van der Waals surface area contributed by atoms with Crippen LogP contribution in [0, 0.1) is 5.82 Å². The fraction of sp³-hybridized carbons (Fsp3) is 0.273. The number of likely N-dealkylation sites (tertiary alicyclic amines) is 1. The molecule has 21 heavy (non-hydrogen) atoms. The van der Waals surface area contributed by atoms with Crippen LogP contribution in [0.25, 0.3) is 0 Å². The summed E-state index contributed by atoms with van der Waals surface area (Å²) in [6, 6.07) is 0.667. The molecule has 3 N–H and O–H groups in total. The maximum absolute atomic E-state index is 13.3. The van der Waals surface area contributed by atoms with Gasteiger partial charge in [-0.3, -0.25) is 14.5 Å². The molecule has 0 aliphatic carbocycles. The number of anilines is 1. The van der Waals surface area contributed by atoms with E-state index in [1.165, 1.54) is 7.05 Å². The topological polar surface area (TPSA) is 110 Å². The van der Waals surface area contributed by atoms with Gasteiger partial charge in [0.2, 0.25) is 21.8 Å². The van der Waals surface area contributed by atoms with E-state index in [1.807, 2.05) is 0 Å². The summed E-state index contributed by atoms with van der Waals surface area (Å²) in [6.07, 6.45) is -0.267. The van der Waals surface area contributed by atoms with Gasteiger partial charge in [0.1, 0.15) is 16.8 Å². The quantitative estimate of drug-likeness (QED) is 0.576. The van der Waals surface area contributed by atoms with Crippen molar-refractivity contribution in [3.8, 4) is 0 Å². The lowest BCUT2D eigenvalue weighted by Gasteiger charge is -2.13. The Morgan fingerprint density at radius 2 is 2.05 bits per heavy atom. The Morgan fingerprint density at radius 1 is 1.43 bits per heavy atom. The predicted octanol–water partition coefficient (Wildman–Crippen LogP) is 0.206. The summed E-state index contributed by atoms with van der Waals surface area (Å²) >= 11 is 2.86. The van der Waals surface area contributed by atoms with Gasteiger partial charge >= 0.3 is 0 Å². The van der Waals surface area contributed by atoms with Gasteiger partial charge in [0.15, 0.2) is 0 Å². The molecule has 0 aromatic heterocycles. The zero-order valence-electron chi connectivity index (χ0n) is 10.8. The normalized spacial score (nSPS) is 19.4. The maximum Gasteiger partial charge on any atom is 0.247 e. The Labute approximate surface area is 128 Å². The summed E-state index contributed by atoms with van der Waals surface area (Å²) in [5, 5.41) is 0. The largest absolute Gasteiger partial charge is 0.398 e. The molecule has 1 heterocycles. The van der Waals surface area contributed by atoms with Gasteiger partial charge in [-0.1, -0.05) is 0 Å². The van der Waals surface area contributed by atoms with Gasteiger partial charge in [-0.2, -0.15) is 4.72 Å². The molecule has 1 fully saturated rings. The third-order valence-electron chi connectivity index (χ3n) is 3.02. The third kappa shape index (κ3) is 2.92. The smallest absolute Gasteiger partial charge is 0.247 e. The van der Waals surface area contributed by atoms with E-state index in [2.05, 4.69) is 20.7 Å². The van der Waals surface area contributed by atoms with Gasteiger partial charge in [-0.15, -0.1) is 0 Å². The lowest BCUT2D eigenvalue weighted by Crippen LogP contribution is -2.40. The minimum atomic E-state index is -4.16. The molecule has 0 saturated carbocycles. The number of carbonyl (C=O) groups is 2.